The van der Waals surface area contributed by atoms with E-state index in [2.05, 4.69) is 46.5 Å². The van der Waals surface area contributed by atoms with Gasteiger partial charge < -0.3 is 10.4 Å². The summed E-state index contributed by atoms with van der Waals surface area (Å²) in [5.41, 5.74) is -0.600. The minimum atomic E-state index is -0.600. The summed E-state index contributed by atoms with van der Waals surface area (Å²) in [4.78, 5) is 1.29. The van der Waals surface area contributed by atoms with E-state index in [0.29, 0.717) is 12.6 Å². The summed E-state index contributed by atoms with van der Waals surface area (Å²) < 4.78 is 1.13. The maximum Gasteiger partial charge on any atom is 0.0743 e. The summed E-state index contributed by atoms with van der Waals surface area (Å²) in [6, 6.07) is 2.41. The molecule has 92 valence electrons. The van der Waals surface area contributed by atoms with Gasteiger partial charge in [-0.25, -0.2) is 0 Å². The van der Waals surface area contributed by atoms with Crippen LogP contribution < -0.4 is 5.32 Å². The molecule has 0 aliphatic carbocycles. The lowest BCUT2D eigenvalue weighted by molar-refractivity contribution is 0.0477. The summed E-state index contributed by atoms with van der Waals surface area (Å²) in [5, 5.41) is 15.5. The first kappa shape index (κ1) is 14.2. The average Bonchev–Trinajstić information content (AvgIpc) is 2.61. The zero-order valence-electron chi connectivity index (χ0n) is 10.1. The van der Waals surface area contributed by atoms with Crippen molar-refractivity contribution in [2.75, 3.05) is 6.54 Å². The predicted molar refractivity (Wildman–Crippen MR) is 74.0 cm³/mol. The lowest BCUT2D eigenvalue weighted by Gasteiger charge is -2.25. The standard InChI is InChI=1S/C12H20BrNOS/c1-4-5-12(3,15)8-14-9(2)11-6-10(13)7-16-11/h6-7,9,14-15H,4-5,8H2,1-3H3. The molecule has 0 spiro atoms. The van der Waals surface area contributed by atoms with Crippen LogP contribution in [0, 0.1) is 0 Å². The lowest BCUT2D eigenvalue weighted by atomic mass is 10.0. The molecular formula is C12H20BrNOS. The van der Waals surface area contributed by atoms with Gasteiger partial charge in [0, 0.05) is 27.3 Å². The fourth-order valence-corrected chi connectivity index (χ4v) is 3.13. The van der Waals surface area contributed by atoms with Crippen LogP contribution in [-0.4, -0.2) is 17.3 Å². The molecule has 2 nitrogen and oxygen atoms in total. The van der Waals surface area contributed by atoms with E-state index >= 15 is 0 Å². The SMILES string of the molecule is CCCC(C)(O)CNC(C)c1cc(Br)cs1. The van der Waals surface area contributed by atoms with E-state index in [1.165, 1.54) is 4.88 Å². The molecule has 0 saturated carbocycles. The average molecular weight is 306 g/mol. The first-order chi connectivity index (χ1) is 7.44. The Bertz CT molecular complexity index is 325. The number of rotatable bonds is 6. The lowest BCUT2D eigenvalue weighted by Crippen LogP contribution is -2.38. The van der Waals surface area contributed by atoms with Crippen LogP contribution in [0.5, 0.6) is 0 Å². The molecule has 0 radical (unpaired) electrons. The van der Waals surface area contributed by atoms with Crippen molar-refractivity contribution in [2.45, 2.75) is 45.3 Å². The van der Waals surface area contributed by atoms with Crippen molar-refractivity contribution in [3.05, 3.63) is 20.8 Å². The van der Waals surface area contributed by atoms with Gasteiger partial charge in [0.25, 0.3) is 0 Å². The van der Waals surface area contributed by atoms with Crippen molar-refractivity contribution in [1.82, 2.24) is 5.32 Å². The van der Waals surface area contributed by atoms with Gasteiger partial charge >= 0.3 is 0 Å². The molecule has 0 bridgehead atoms. The van der Waals surface area contributed by atoms with Crippen molar-refractivity contribution in [1.29, 1.82) is 0 Å². The first-order valence-corrected chi connectivity index (χ1v) is 7.31. The molecule has 0 saturated heterocycles. The molecule has 16 heavy (non-hydrogen) atoms. The van der Waals surface area contributed by atoms with Crippen LogP contribution in [0.15, 0.2) is 15.9 Å². The number of nitrogens with one attached hydrogen (secondary N) is 1. The highest BCUT2D eigenvalue weighted by atomic mass is 79.9. The Morgan fingerprint density at radius 2 is 2.31 bits per heavy atom. The second kappa shape index (κ2) is 6.15. The minimum Gasteiger partial charge on any atom is -0.389 e. The number of halogens is 1. The molecule has 0 aliphatic rings. The highest BCUT2D eigenvalue weighted by Gasteiger charge is 2.20. The molecule has 2 unspecified atom stereocenters. The van der Waals surface area contributed by atoms with Gasteiger partial charge in [-0.15, -0.1) is 11.3 Å². The Hall–Kier alpha value is 0.1000. The third kappa shape index (κ3) is 4.53. The number of hydrogen-bond donors (Lipinski definition) is 2. The van der Waals surface area contributed by atoms with E-state index in [0.717, 1.165) is 17.3 Å². The van der Waals surface area contributed by atoms with E-state index in [1.807, 2.05) is 6.92 Å². The zero-order chi connectivity index (χ0) is 12.2. The molecule has 1 aromatic rings. The summed E-state index contributed by atoms with van der Waals surface area (Å²) in [7, 11) is 0. The summed E-state index contributed by atoms with van der Waals surface area (Å²) >= 11 is 5.18. The van der Waals surface area contributed by atoms with Crippen LogP contribution in [0.25, 0.3) is 0 Å². The molecule has 1 rings (SSSR count). The maximum atomic E-state index is 10.0. The van der Waals surface area contributed by atoms with Gasteiger partial charge in [-0.05, 0) is 42.3 Å². The minimum absolute atomic E-state index is 0.291. The Balaban J connectivity index is 2.43. The fraction of sp³-hybridized carbons (Fsp3) is 0.667. The van der Waals surface area contributed by atoms with Gasteiger partial charge in [0.15, 0.2) is 0 Å². The normalized spacial score (nSPS) is 17.1. The maximum absolute atomic E-state index is 10.0. The van der Waals surface area contributed by atoms with Gasteiger partial charge in [0.2, 0.25) is 0 Å². The van der Waals surface area contributed by atoms with Gasteiger partial charge in [-0.3, -0.25) is 0 Å². The number of hydrogen-bond acceptors (Lipinski definition) is 3. The van der Waals surface area contributed by atoms with E-state index in [4.69, 9.17) is 0 Å². The van der Waals surface area contributed by atoms with Gasteiger partial charge in [0.1, 0.15) is 0 Å². The Morgan fingerprint density at radius 1 is 1.62 bits per heavy atom. The van der Waals surface area contributed by atoms with Gasteiger partial charge in [-0.2, -0.15) is 0 Å². The van der Waals surface area contributed by atoms with Gasteiger partial charge in [0.05, 0.1) is 5.60 Å². The largest absolute Gasteiger partial charge is 0.389 e. The Kier molecular flexibility index (Phi) is 5.44. The first-order valence-electron chi connectivity index (χ1n) is 5.64. The summed E-state index contributed by atoms with van der Waals surface area (Å²) in [5.74, 6) is 0. The van der Waals surface area contributed by atoms with Crippen molar-refractivity contribution in [2.24, 2.45) is 0 Å². The van der Waals surface area contributed by atoms with E-state index in [1.54, 1.807) is 11.3 Å². The molecule has 1 aromatic heterocycles. The topological polar surface area (TPSA) is 32.3 Å². The molecule has 0 aromatic carbocycles. The predicted octanol–water partition coefficient (Wildman–Crippen LogP) is 3.71. The van der Waals surface area contributed by atoms with E-state index in [-0.39, 0.29) is 0 Å². The molecule has 2 N–H and O–H groups in total. The molecule has 2 atom stereocenters. The van der Waals surface area contributed by atoms with Crippen LogP contribution in [0.2, 0.25) is 0 Å². The number of thiophene rings is 1. The molecule has 1 heterocycles. The third-order valence-corrected chi connectivity index (χ3v) is 4.47. The highest BCUT2D eigenvalue weighted by molar-refractivity contribution is 9.10. The second-order valence-corrected chi connectivity index (χ2v) is 6.38. The Labute approximate surface area is 110 Å². The van der Waals surface area contributed by atoms with Crippen molar-refractivity contribution in [3.63, 3.8) is 0 Å². The van der Waals surface area contributed by atoms with Crippen molar-refractivity contribution >= 4 is 27.3 Å². The van der Waals surface area contributed by atoms with Crippen LogP contribution in [0.4, 0.5) is 0 Å². The Morgan fingerprint density at radius 3 is 2.81 bits per heavy atom. The second-order valence-electron chi connectivity index (χ2n) is 4.52. The quantitative estimate of drug-likeness (QED) is 0.839. The molecule has 0 amide bonds. The van der Waals surface area contributed by atoms with Crippen LogP contribution in [-0.2, 0) is 0 Å². The van der Waals surface area contributed by atoms with E-state index < -0.39 is 5.60 Å². The third-order valence-electron chi connectivity index (χ3n) is 2.59. The zero-order valence-corrected chi connectivity index (χ0v) is 12.5. The van der Waals surface area contributed by atoms with Gasteiger partial charge in [-0.1, -0.05) is 13.3 Å². The molecular weight excluding hydrogens is 286 g/mol. The summed E-state index contributed by atoms with van der Waals surface area (Å²) in [6.07, 6.45) is 1.84. The smallest absolute Gasteiger partial charge is 0.0743 e. The fourth-order valence-electron chi connectivity index (χ4n) is 1.66. The van der Waals surface area contributed by atoms with E-state index in [9.17, 15) is 5.11 Å². The van der Waals surface area contributed by atoms with Crippen LogP contribution in [0.1, 0.15) is 44.5 Å². The van der Waals surface area contributed by atoms with Crippen molar-refractivity contribution < 1.29 is 5.11 Å². The van der Waals surface area contributed by atoms with Crippen LogP contribution >= 0.6 is 27.3 Å². The molecule has 4 heteroatoms. The molecule has 0 fully saturated rings. The number of aliphatic hydroxyl groups is 1. The monoisotopic (exact) mass is 305 g/mol. The summed E-state index contributed by atoms with van der Waals surface area (Å²) in [6.45, 7) is 6.74. The highest BCUT2D eigenvalue weighted by Crippen LogP contribution is 2.25. The van der Waals surface area contributed by atoms with Crippen LogP contribution in [0.3, 0.4) is 0 Å². The van der Waals surface area contributed by atoms with Crippen molar-refractivity contribution in [3.8, 4) is 0 Å². The molecule has 0 aliphatic heterocycles.